The van der Waals surface area contributed by atoms with Gasteiger partial charge in [0.2, 0.25) is 0 Å². The van der Waals surface area contributed by atoms with Gasteiger partial charge in [-0.1, -0.05) is 0 Å². The van der Waals surface area contributed by atoms with Gasteiger partial charge in [-0.25, -0.2) is 9.52 Å². The summed E-state index contributed by atoms with van der Waals surface area (Å²) in [5, 5.41) is 8.78. The van der Waals surface area contributed by atoms with Gasteiger partial charge in [-0.2, -0.15) is 13.1 Å². The van der Waals surface area contributed by atoms with Gasteiger partial charge in [0.1, 0.15) is 0 Å². The molecule has 1 saturated carbocycles. The number of nitrogens with one attached hydrogen (secondary N) is 2. The van der Waals surface area contributed by atoms with E-state index in [1.54, 1.807) is 11.6 Å². The number of ether oxygens (including phenoxy) is 1. The van der Waals surface area contributed by atoms with Crippen LogP contribution in [0.2, 0.25) is 0 Å². The first-order chi connectivity index (χ1) is 8.34. The summed E-state index contributed by atoms with van der Waals surface area (Å²) < 4.78 is 31.3. The van der Waals surface area contributed by atoms with Crippen molar-refractivity contribution >= 4 is 22.3 Å². The molecular formula is C9H16N2O6S. The Bertz CT molecular complexity index is 421. The first kappa shape index (κ1) is 14.7. The van der Waals surface area contributed by atoms with Gasteiger partial charge in [0.25, 0.3) is 0 Å². The first-order valence-corrected chi connectivity index (χ1v) is 7.02. The molecule has 8 nitrogen and oxygen atoms in total. The van der Waals surface area contributed by atoms with Gasteiger partial charge in [-0.05, 0) is 26.2 Å². The predicted octanol–water partition coefficient (Wildman–Crippen LogP) is -0.180. The van der Waals surface area contributed by atoms with Crippen molar-refractivity contribution < 1.29 is 27.9 Å². The standard InChI is InChI=1S/C9H16N2O6S/c1-2-17-9(14)11-18(15,16)10-7-4-3-6(5-7)8(12)13/h6-7,10H,2-5H2,1H3,(H,11,14)(H,12,13). The molecule has 1 fully saturated rings. The van der Waals surface area contributed by atoms with Crippen molar-refractivity contribution in [1.82, 2.24) is 9.44 Å². The zero-order valence-corrected chi connectivity index (χ0v) is 10.7. The lowest BCUT2D eigenvalue weighted by Gasteiger charge is -2.13. The SMILES string of the molecule is CCOC(=O)NS(=O)(=O)NC1CCC(C(=O)O)C1. The molecule has 0 aromatic heterocycles. The molecule has 0 aliphatic heterocycles. The van der Waals surface area contributed by atoms with Crippen molar-refractivity contribution in [2.24, 2.45) is 5.92 Å². The topological polar surface area (TPSA) is 122 Å². The molecule has 0 saturated heterocycles. The zero-order valence-electron chi connectivity index (χ0n) is 9.88. The maximum Gasteiger partial charge on any atom is 0.421 e. The third-order valence-electron chi connectivity index (χ3n) is 2.60. The van der Waals surface area contributed by atoms with Gasteiger partial charge >= 0.3 is 22.3 Å². The van der Waals surface area contributed by atoms with Crippen molar-refractivity contribution in [2.75, 3.05) is 6.61 Å². The van der Waals surface area contributed by atoms with Gasteiger partial charge in [-0.15, -0.1) is 0 Å². The highest BCUT2D eigenvalue weighted by Crippen LogP contribution is 2.25. The maximum absolute atomic E-state index is 11.5. The molecule has 0 bridgehead atoms. The number of carboxylic acids is 1. The number of carboxylic acid groups (broad SMARTS) is 1. The highest BCUT2D eigenvalue weighted by Gasteiger charge is 2.32. The van der Waals surface area contributed by atoms with Crippen molar-refractivity contribution in [3.63, 3.8) is 0 Å². The molecule has 2 unspecified atom stereocenters. The number of rotatable bonds is 5. The van der Waals surface area contributed by atoms with Crippen molar-refractivity contribution in [2.45, 2.75) is 32.2 Å². The third kappa shape index (κ3) is 4.49. The molecule has 18 heavy (non-hydrogen) atoms. The molecule has 2 atom stereocenters. The summed E-state index contributed by atoms with van der Waals surface area (Å²) in [6.07, 6.45) is 0.0135. The summed E-state index contributed by atoms with van der Waals surface area (Å²) in [5.74, 6) is -1.48. The average molecular weight is 280 g/mol. The Kier molecular flexibility index (Phi) is 4.91. The van der Waals surface area contributed by atoms with E-state index < -0.39 is 34.2 Å². The Morgan fingerprint density at radius 3 is 2.56 bits per heavy atom. The van der Waals surface area contributed by atoms with Gasteiger partial charge in [0, 0.05) is 6.04 Å². The lowest BCUT2D eigenvalue weighted by atomic mass is 10.1. The molecular weight excluding hydrogens is 264 g/mol. The van der Waals surface area contributed by atoms with Crippen LogP contribution in [0.15, 0.2) is 0 Å². The number of hydrogen-bond donors (Lipinski definition) is 3. The molecule has 0 heterocycles. The number of carbonyl (C=O) groups is 2. The Morgan fingerprint density at radius 1 is 1.39 bits per heavy atom. The first-order valence-electron chi connectivity index (χ1n) is 5.53. The summed E-state index contributed by atoms with van der Waals surface area (Å²) in [5.41, 5.74) is 0. The quantitative estimate of drug-likeness (QED) is 0.642. The number of aliphatic carboxylic acids is 1. The van der Waals surface area contributed by atoms with Crippen LogP contribution in [0.3, 0.4) is 0 Å². The van der Waals surface area contributed by atoms with Crippen LogP contribution >= 0.6 is 0 Å². The van der Waals surface area contributed by atoms with Crippen LogP contribution in [0.5, 0.6) is 0 Å². The monoisotopic (exact) mass is 280 g/mol. The van der Waals surface area contributed by atoms with Crippen LogP contribution in [-0.2, 0) is 19.7 Å². The summed E-state index contributed by atoms with van der Waals surface area (Å²) in [6, 6.07) is -0.474. The average Bonchev–Trinajstić information content (AvgIpc) is 2.64. The fourth-order valence-electron chi connectivity index (χ4n) is 1.83. The molecule has 0 spiro atoms. The van der Waals surface area contributed by atoms with Gasteiger partial charge in [0.15, 0.2) is 0 Å². The minimum Gasteiger partial charge on any atom is -0.481 e. The summed E-state index contributed by atoms with van der Waals surface area (Å²) in [6.45, 7) is 1.61. The molecule has 0 radical (unpaired) electrons. The summed E-state index contributed by atoms with van der Waals surface area (Å²) in [7, 11) is -4.00. The Morgan fingerprint density at radius 2 is 2.06 bits per heavy atom. The molecule has 1 aliphatic carbocycles. The van der Waals surface area contributed by atoms with Gasteiger partial charge in [0.05, 0.1) is 12.5 Å². The predicted molar refractivity (Wildman–Crippen MR) is 61.0 cm³/mol. The fraction of sp³-hybridized carbons (Fsp3) is 0.778. The van der Waals surface area contributed by atoms with E-state index in [0.29, 0.717) is 12.8 Å². The molecule has 3 N–H and O–H groups in total. The molecule has 1 aliphatic rings. The number of hydrogen-bond acceptors (Lipinski definition) is 5. The van der Waals surface area contributed by atoms with Crippen LogP contribution in [0.25, 0.3) is 0 Å². The maximum atomic E-state index is 11.5. The van der Waals surface area contributed by atoms with Crippen molar-refractivity contribution in [1.29, 1.82) is 0 Å². The largest absolute Gasteiger partial charge is 0.481 e. The Balaban J connectivity index is 2.47. The second-order valence-corrected chi connectivity index (χ2v) is 5.44. The zero-order chi connectivity index (χ0) is 13.8. The van der Waals surface area contributed by atoms with Gasteiger partial charge < -0.3 is 9.84 Å². The number of amides is 1. The van der Waals surface area contributed by atoms with Crippen LogP contribution in [0.4, 0.5) is 4.79 Å². The van der Waals surface area contributed by atoms with E-state index >= 15 is 0 Å². The van der Waals surface area contributed by atoms with E-state index in [2.05, 4.69) is 9.46 Å². The van der Waals surface area contributed by atoms with E-state index in [9.17, 15) is 18.0 Å². The molecule has 1 rings (SSSR count). The minimum atomic E-state index is -4.00. The smallest absolute Gasteiger partial charge is 0.421 e. The van der Waals surface area contributed by atoms with E-state index in [0.717, 1.165) is 0 Å². The number of carbonyl (C=O) groups excluding carboxylic acids is 1. The van der Waals surface area contributed by atoms with Crippen LogP contribution in [-0.4, -0.2) is 38.2 Å². The second-order valence-electron chi connectivity index (χ2n) is 3.99. The van der Waals surface area contributed by atoms with E-state index in [-0.39, 0.29) is 13.0 Å². The van der Waals surface area contributed by atoms with Crippen molar-refractivity contribution in [3.8, 4) is 0 Å². The highest BCUT2D eigenvalue weighted by atomic mass is 32.2. The van der Waals surface area contributed by atoms with E-state index in [4.69, 9.17) is 5.11 Å². The summed E-state index contributed by atoms with van der Waals surface area (Å²) >= 11 is 0. The fourth-order valence-corrected chi connectivity index (χ4v) is 2.82. The lowest BCUT2D eigenvalue weighted by molar-refractivity contribution is -0.141. The lowest BCUT2D eigenvalue weighted by Crippen LogP contribution is -2.44. The normalized spacial score (nSPS) is 23.6. The molecule has 104 valence electrons. The van der Waals surface area contributed by atoms with Gasteiger partial charge in [-0.3, -0.25) is 4.79 Å². The summed E-state index contributed by atoms with van der Waals surface area (Å²) in [4.78, 5) is 21.7. The van der Waals surface area contributed by atoms with Crippen LogP contribution in [0, 0.1) is 5.92 Å². The second kappa shape index (κ2) is 6.01. The highest BCUT2D eigenvalue weighted by molar-refractivity contribution is 7.88. The molecule has 9 heteroatoms. The van der Waals surface area contributed by atoms with E-state index in [1.807, 2.05) is 0 Å². The Hall–Kier alpha value is -1.35. The van der Waals surface area contributed by atoms with Crippen LogP contribution < -0.4 is 9.44 Å². The third-order valence-corrected chi connectivity index (χ3v) is 3.68. The minimum absolute atomic E-state index is 0.0614. The van der Waals surface area contributed by atoms with Crippen LogP contribution in [0.1, 0.15) is 26.2 Å². The van der Waals surface area contributed by atoms with E-state index in [1.165, 1.54) is 0 Å². The van der Waals surface area contributed by atoms with Crippen molar-refractivity contribution in [3.05, 3.63) is 0 Å². The molecule has 1 amide bonds. The molecule has 0 aromatic carbocycles. The Labute approximate surface area is 105 Å². The molecule has 0 aromatic rings.